The van der Waals surface area contributed by atoms with Crippen molar-refractivity contribution in [3.63, 3.8) is 0 Å². The summed E-state index contributed by atoms with van der Waals surface area (Å²) in [6.07, 6.45) is -14.9. The average Bonchev–Trinajstić information content (AvgIpc) is 2.70. The molecule has 0 aliphatic heterocycles. The molecule has 1 saturated carbocycles. The Bertz CT molecular complexity index is 938. The molecule has 8 nitrogen and oxygen atoms in total. The van der Waals surface area contributed by atoms with Crippen LogP contribution in [0.2, 0.25) is 0 Å². The highest BCUT2D eigenvalue weighted by molar-refractivity contribution is 7.86. The van der Waals surface area contributed by atoms with Crippen molar-refractivity contribution in [1.82, 2.24) is 0 Å². The average molecular weight is 571 g/mol. The highest BCUT2D eigenvalue weighted by Crippen LogP contribution is 2.43. The lowest BCUT2D eigenvalue weighted by molar-refractivity contribution is -0.359. The van der Waals surface area contributed by atoms with Gasteiger partial charge in [0.15, 0.2) is 10.1 Å². The lowest BCUT2D eigenvalue weighted by Gasteiger charge is -2.35. The first-order chi connectivity index (χ1) is 16.0. The normalized spacial score (nSPS) is 18.3. The molecule has 0 heterocycles. The molecule has 1 aliphatic rings. The van der Waals surface area contributed by atoms with Gasteiger partial charge in [-0.25, -0.2) is 18.0 Å². The highest BCUT2D eigenvalue weighted by Gasteiger charge is 2.69. The number of alkyl halides is 10. The third-order valence-electron chi connectivity index (χ3n) is 4.75. The number of hydrogen-bond donors (Lipinski definition) is 0. The summed E-state index contributed by atoms with van der Waals surface area (Å²) in [5.74, 6) is -16.8. The van der Waals surface area contributed by atoms with Gasteiger partial charge in [-0.2, -0.15) is 43.9 Å². The van der Waals surface area contributed by atoms with Gasteiger partial charge in [0, 0.05) is 6.42 Å². The van der Waals surface area contributed by atoms with Crippen LogP contribution >= 0.6 is 0 Å². The zero-order valence-corrected chi connectivity index (χ0v) is 18.5. The van der Waals surface area contributed by atoms with E-state index in [-0.39, 0.29) is 12.8 Å². The van der Waals surface area contributed by atoms with Gasteiger partial charge in [0.2, 0.25) is 0 Å². The minimum Gasteiger partial charge on any atom is -0.743 e. The molecule has 1 rings (SSSR count). The fourth-order valence-electron chi connectivity index (χ4n) is 2.76. The van der Waals surface area contributed by atoms with Crippen molar-refractivity contribution in [3.05, 3.63) is 12.2 Å². The largest absolute Gasteiger partial charge is 0.743 e. The predicted octanol–water partition coefficient (Wildman–Crippen LogP) is 3.96. The van der Waals surface area contributed by atoms with Gasteiger partial charge < -0.3 is 18.8 Å². The standard InChI is InChI=1S/C17H18F10O8S/c1-9(15(20,21)22)11(28)35-14(16(23,24)25,12(29)34-10-5-3-2-4-6-10)33-8-7-13(18,19)17(26,27)36(30,31)32/h10H,1-8H2,(H,30,31,32)/p-1. The summed E-state index contributed by atoms with van der Waals surface area (Å²) in [4.78, 5) is 24.0. The second-order valence-corrected chi connectivity index (χ2v) is 8.84. The van der Waals surface area contributed by atoms with E-state index in [1.54, 1.807) is 0 Å². The second kappa shape index (κ2) is 10.7. The number of carbonyl (C=O) groups excluding carboxylic acids is 2. The van der Waals surface area contributed by atoms with Gasteiger partial charge in [-0.1, -0.05) is 13.0 Å². The lowest BCUT2D eigenvalue weighted by Crippen LogP contribution is -2.59. The maximum Gasteiger partial charge on any atom is 0.468 e. The van der Waals surface area contributed by atoms with E-state index in [9.17, 15) is 66.5 Å². The van der Waals surface area contributed by atoms with Crippen LogP contribution < -0.4 is 0 Å². The van der Waals surface area contributed by atoms with Crippen molar-refractivity contribution in [2.75, 3.05) is 6.61 Å². The Labute approximate surface area is 196 Å². The highest BCUT2D eigenvalue weighted by atomic mass is 32.2. The topological polar surface area (TPSA) is 119 Å². The van der Waals surface area contributed by atoms with Crippen LogP contribution in [0.5, 0.6) is 0 Å². The van der Waals surface area contributed by atoms with Gasteiger partial charge >= 0.3 is 41.3 Å². The van der Waals surface area contributed by atoms with Crippen LogP contribution in [0, 0.1) is 0 Å². The molecular weight excluding hydrogens is 554 g/mol. The van der Waals surface area contributed by atoms with Crippen LogP contribution in [0.3, 0.4) is 0 Å². The first-order valence-corrected chi connectivity index (χ1v) is 11.0. The molecule has 1 fully saturated rings. The van der Waals surface area contributed by atoms with Gasteiger partial charge in [-0.05, 0) is 25.7 Å². The molecule has 0 aromatic heterocycles. The Balaban J connectivity index is 3.37. The molecule has 1 unspecified atom stereocenters. The monoisotopic (exact) mass is 571 g/mol. The third-order valence-corrected chi connectivity index (χ3v) is 5.68. The van der Waals surface area contributed by atoms with Crippen LogP contribution in [0.1, 0.15) is 38.5 Å². The summed E-state index contributed by atoms with van der Waals surface area (Å²) in [5, 5.41) is -6.37. The summed E-state index contributed by atoms with van der Waals surface area (Å²) >= 11 is 0. The lowest BCUT2D eigenvalue weighted by atomic mass is 9.98. The molecule has 0 saturated heterocycles. The fraction of sp³-hybridized carbons (Fsp3) is 0.765. The number of halogens is 10. The quantitative estimate of drug-likeness (QED) is 0.127. The Morgan fingerprint density at radius 3 is 1.83 bits per heavy atom. The molecule has 0 aromatic carbocycles. The van der Waals surface area contributed by atoms with Crippen molar-refractivity contribution in [2.24, 2.45) is 0 Å². The van der Waals surface area contributed by atoms with E-state index in [2.05, 4.69) is 20.8 Å². The van der Waals surface area contributed by atoms with Crippen LogP contribution in [-0.4, -0.2) is 66.9 Å². The summed E-state index contributed by atoms with van der Waals surface area (Å²) < 4.78 is 176. The summed E-state index contributed by atoms with van der Waals surface area (Å²) in [6, 6.07) is 0. The van der Waals surface area contributed by atoms with Crippen molar-refractivity contribution in [2.45, 2.75) is 73.9 Å². The van der Waals surface area contributed by atoms with Crippen LogP contribution in [-0.2, 0) is 33.9 Å². The van der Waals surface area contributed by atoms with Gasteiger partial charge in [-0.15, -0.1) is 0 Å². The number of esters is 2. The smallest absolute Gasteiger partial charge is 0.468 e. The van der Waals surface area contributed by atoms with E-state index in [0.29, 0.717) is 19.3 Å². The molecule has 0 spiro atoms. The summed E-state index contributed by atoms with van der Waals surface area (Å²) in [6.45, 7) is -0.235. The van der Waals surface area contributed by atoms with Crippen molar-refractivity contribution in [1.29, 1.82) is 0 Å². The maximum atomic E-state index is 13.8. The van der Waals surface area contributed by atoms with Gasteiger partial charge in [0.25, 0.3) is 0 Å². The molecule has 19 heteroatoms. The summed E-state index contributed by atoms with van der Waals surface area (Å²) in [7, 11) is -7.06. The summed E-state index contributed by atoms with van der Waals surface area (Å²) in [5.41, 5.74) is -2.60. The molecule has 0 bridgehead atoms. The molecule has 0 aromatic rings. The predicted molar refractivity (Wildman–Crippen MR) is 93.2 cm³/mol. The molecule has 36 heavy (non-hydrogen) atoms. The molecule has 0 amide bonds. The van der Waals surface area contributed by atoms with Gasteiger partial charge in [0.05, 0.1) is 6.61 Å². The van der Waals surface area contributed by atoms with Crippen LogP contribution in [0.15, 0.2) is 12.2 Å². The minimum atomic E-state index is -7.06. The molecule has 210 valence electrons. The minimum absolute atomic E-state index is 0.0471. The molecule has 1 aliphatic carbocycles. The molecular formula is C17H17F10O8S-. The molecule has 0 radical (unpaired) electrons. The molecule has 1 atom stereocenters. The Kier molecular flexibility index (Phi) is 9.46. The number of carbonyl (C=O) groups is 2. The second-order valence-electron chi connectivity index (χ2n) is 7.42. The van der Waals surface area contributed by atoms with E-state index in [0.717, 1.165) is 0 Å². The first kappa shape index (κ1) is 31.9. The Morgan fingerprint density at radius 1 is 0.917 bits per heavy atom. The van der Waals surface area contributed by atoms with E-state index in [1.807, 2.05) is 0 Å². The van der Waals surface area contributed by atoms with Crippen molar-refractivity contribution < 1.29 is 80.7 Å². The van der Waals surface area contributed by atoms with Crippen LogP contribution in [0.4, 0.5) is 43.9 Å². The first-order valence-electron chi connectivity index (χ1n) is 9.62. The van der Waals surface area contributed by atoms with E-state index < -0.39 is 76.1 Å². The number of ether oxygens (including phenoxy) is 3. The number of hydrogen-bond acceptors (Lipinski definition) is 8. The van der Waals surface area contributed by atoms with E-state index in [4.69, 9.17) is 0 Å². The Morgan fingerprint density at radius 2 is 1.42 bits per heavy atom. The number of rotatable bonds is 10. The van der Waals surface area contributed by atoms with Gasteiger partial charge in [-0.3, -0.25) is 0 Å². The van der Waals surface area contributed by atoms with Crippen LogP contribution in [0.25, 0.3) is 0 Å². The Hall–Kier alpha value is -2.15. The SMILES string of the molecule is C=C(C(=O)OC(OCCC(F)(F)C(F)(F)S(=O)(=O)[O-])(C(=O)OC1CCCCC1)C(F)(F)F)C(F)(F)F. The van der Waals surface area contributed by atoms with Gasteiger partial charge in [0.1, 0.15) is 11.7 Å². The zero-order valence-electron chi connectivity index (χ0n) is 17.7. The zero-order chi connectivity index (χ0) is 28.4. The van der Waals surface area contributed by atoms with Crippen molar-refractivity contribution in [3.8, 4) is 0 Å². The molecule has 0 N–H and O–H groups in total. The van der Waals surface area contributed by atoms with E-state index in [1.165, 1.54) is 0 Å². The van der Waals surface area contributed by atoms with Crippen molar-refractivity contribution >= 4 is 22.1 Å². The fourth-order valence-corrected chi connectivity index (χ4v) is 3.22. The maximum absolute atomic E-state index is 13.8. The third kappa shape index (κ3) is 6.99. The van der Waals surface area contributed by atoms with E-state index >= 15 is 0 Å².